The van der Waals surface area contributed by atoms with Gasteiger partial charge in [0, 0.05) is 31.9 Å². The largest absolute Gasteiger partial charge is 0.323 e. The van der Waals surface area contributed by atoms with Gasteiger partial charge in [0.1, 0.15) is 5.82 Å². The normalized spacial score (nSPS) is 17.8. The van der Waals surface area contributed by atoms with E-state index in [0.717, 1.165) is 0 Å². The number of nitrogens with zero attached hydrogens (tertiary/aromatic N) is 3. The molecule has 0 spiro atoms. The third-order valence-corrected chi connectivity index (χ3v) is 3.61. The Morgan fingerprint density at radius 3 is 2.73 bits per heavy atom. The van der Waals surface area contributed by atoms with Crippen molar-refractivity contribution in [1.29, 1.82) is 0 Å². The predicted octanol–water partition coefficient (Wildman–Crippen LogP) is 1.55. The summed E-state index contributed by atoms with van der Waals surface area (Å²) < 4.78 is 14.5. The van der Waals surface area contributed by atoms with Crippen LogP contribution in [-0.4, -0.2) is 28.1 Å². The standard InChI is InChI=1S/C15H15FN4O2/c1-19-9-12(7-17-19)18-15(22)10-6-14(21)20(8-10)13-4-2-11(16)3-5-13/h2-5,7,9-10H,6,8H2,1H3,(H,18,22)/t10-/m0/s1. The molecule has 0 saturated carbocycles. The third-order valence-electron chi connectivity index (χ3n) is 3.61. The highest BCUT2D eigenvalue weighted by atomic mass is 19.1. The number of anilines is 2. The second-order valence-electron chi connectivity index (χ2n) is 5.27. The van der Waals surface area contributed by atoms with Crippen LogP contribution < -0.4 is 10.2 Å². The van der Waals surface area contributed by atoms with Gasteiger partial charge in [-0.25, -0.2) is 4.39 Å². The number of halogens is 1. The second-order valence-corrected chi connectivity index (χ2v) is 5.27. The molecule has 2 heterocycles. The molecule has 2 amide bonds. The van der Waals surface area contributed by atoms with Gasteiger partial charge in [0.25, 0.3) is 0 Å². The Bertz CT molecular complexity index is 711. The molecule has 1 fully saturated rings. The van der Waals surface area contributed by atoms with Crippen LogP contribution in [-0.2, 0) is 16.6 Å². The molecule has 1 atom stereocenters. The first-order valence-corrected chi connectivity index (χ1v) is 6.88. The van der Waals surface area contributed by atoms with E-state index in [-0.39, 0.29) is 30.6 Å². The zero-order valence-corrected chi connectivity index (χ0v) is 12.0. The van der Waals surface area contributed by atoms with Gasteiger partial charge in [-0.1, -0.05) is 0 Å². The summed E-state index contributed by atoms with van der Waals surface area (Å²) in [6.07, 6.45) is 3.38. The lowest BCUT2D eigenvalue weighted by atomic mass is 10.1. The topological polar surface area (TPSA) is 67.2 Å². The van der Waals surface area contributed by atoms with Gasteiger partial charge < -0.3 is 10.2 Å². The molecule has 114 valence electrons. The SMILES string of the molecule is Cn1cc(NC(=O)[C@H]2CC(=O)N(c3ccc(F)cc3)C2)cn1. The number of hydrogen-bond donors (Lipinski definition) is 1. The van der Waals surface area contributed by atoms with E-state index in [1.54, 1.807) is 24.1 Å². The minimum absolute atomic E-state index is 0.141. The highest BCUT2D eigenvalue weighted by Crippen LogP contribution is 2.26. The van der Waals surface area contributed by atoms with Gasteiger partial charge in [0.05, 0.1) is 17.8 Å². The molecule has 7 heteroatoms. The minimum atomic E-state index is -0.433. The summed E-state index contributed by atoms with van der Waals surface area (Å²) in [5.41, 5.74) is 1.20. The smallest absolute Gasteiger partial charge is 0.229 e. The summed E-state index contributed by atoms with van der Waals surface area (Å²) in [5.74, 6) is -1.15. The molecular weight excluding hydrogens is 287 g/mol. The molecule has 0 radical (unpaired) electrons. The van der Waals surface area contributed by atoms with E-state index in [4.69, 9.17) is 0 Å². The Labute approximate surface area is 126 Å². The van der Waals surface area contributed by atoms with Crippen LogP contribution in [0.2, 0.25) is 0 Å². The fraction of sp³-hybridized carbons (Fsp3) is 0.267. The molecule has 1 saturated heterocycles. The maximum Gasteiger partial charge on any atom is 0.229 e. The molecule has 2 aromatic rings. The number of amides is 2. The molecule has 1 aromatic heterocycles. The molecule has 1 N–H and O–H groups in total. The van der Waals surface area contributed by atoms with Gasteiger partial charge in [-0.05, 0) is 24.3 Å². The quantitative estimate of drug-likeness (QED) is 0.935. The summed E-state index contributed by atoms with van der Waals surface area (Å²) in [5, 5.41) is 6.72. The van der Waals surface area contributed by atoms with E-state index in [0.29, 0.717) is 11.4 Å². The van der Waals surface area contributed by atoms with Crippen molar-refractivity contribution >= 4 is 23.2 Å². The van der Waals surface area contributed by atoms with Crippen LogP contribution >= 0.6 is 0 Å². The van der Waals surface area contributed by atoms with Gasteiger partial charge in [-0.2, -0.15) is 5.10 Å². The van der Waals surface area contributed by atoms with Crippen LogP contribution in [0.1, 0.15) is 6.42 Å². The summed E-state index contributed by atoms with van der Waals surface area (Å²) in [4.78, 5) is 25.8. The van der Waals surface area contributed by atoms with Crippen molar-refractivity contribution in [2.75, 3.05) is 16.8 Å². The monoisotopic (exact) mass is 302 g/mol. The van der Waals surface area contributed by atoms with Crippen LogP contribution in [0.15, 0.2) is 36.7 Å². The van der Waals surface area contributed by atoms with Crippen molar-refractivity contribution in [3.05, 3.63) is 42.5 Å². The number of aromatic nitrogens is 2. The van der Waals surface area contributed by atoms with Gasteiger partial charge in [-0.3, -0.25) is 14.3 Å². The van der Waals surface area contributed by atoms with E-state index in [1.807, 2.05) is 0 Å². The summed E-state index contributed by atoms with van der Waals surface area (Å²) in [6, 6.07) is 5.67. The highest BCUT2D eigenvalue weighted by molar-refractivity contribution is 6.03. The first-order valence-electron chi connectivity index (χ1n) is 6.88. The fourth-order valence-electron chi connectivity index (χ4n) is 2.48. The Balaban J connectivity index is 1.68. The van der Waals surface area contributed by atoms with Gasteiger partial charge >= 0.3 is 0 Å². The number of carbonyl (C=O) groups is 2. The summed E-state index contributed by atoms with van der Waals surface area (Å²) in [6.45, 7) is 0.288. The molecule has 0 aliphatic carbocycles. The Hall–Kier alpha value is -2.70. The number of benzene rings is 1. The van der Waals surface area contributed by atoms with Crippen molar-refractivity contribution in [3.63, 3.8) is 0 Å². The molecule has 22 heavy (non-hydrogen) atoms. The lowest BCUT2D eigenvalue weighted by Crippen LogP contribution is -2.28. The number of hydrogen-bond acceptors (Lipinski definition) is 3. The molecule has 1 aromatic carbocycles. The summed E-state index contributed by atoms with van der Waals surface area (Å²) >= 11 is 0. The van der Waals surface area contributed by atoms with Crippen molar-refractivity contribution < 1.29 is 14.0 Å². The van der Waals surface area contributed by atoms with E-state index >= 15 is 0 Å². The molecule has 6 nitrogen and oxygen atoms in total. The Morgan fingerprint density at radius 1 is 1.36 bits per heavy atom. The van der Waals surface area contributed by atoms with Crippen LogP contribution in [0.4, 0.5) is 15.8 Å². The van der Waals surface area contributed by atoms with E-state index in [2.05, 4.69) is 10.4 Å². The Kier molecular flexibility index (Phi) is 3.62. The molecule has 3 rings (SSSR count). The average molecular weight is 302 g/mol. The zero-order valence-electron chi connectivity index (χ0n) is 12.0. The van der Waals surface area contributed by atoms with Crippen LogP contribution in [0.5, 0.6) is 0 Å². The van der Waals surface area contributed by atoms with Crippen molar-refractivity contribution in [2.24, 2.45) is 13.0 Å². The van der Waals surface area contributed by atoms with Crippen LogP contribution in [0.3, 0.4) is 0 Å². The fourth-order valence-corrected chi connectivity index (χ4v) is 2.48. The van der Waals surface area contributed by atoms with Gasteiger partial charge in [-0.15, -0.1) is 0 Å². The molecular formula is C15H15FN4O2. The zero-order chi connectivity index (χ0) is 15.7. The number of carbonyl (C=O) groups excluding carboxylic acids is 2. The number of aryl methyl sites for hydroxylation is 1. The lowest BCUT2D eigenvalue weighted by Gasteiger charge is -2.16. The molecule has 1 aliphatic rings. The average Bonchev–Trinajstić information content (AvgIpc) is 3.06. The predicted molar refractivity (Wildman–Crippen MR) is 78.7 cm³/mol. The lowest BCUT2D eigenvalue weighted by molar-refractivity contribution is -0.122. The number of nitrogens with one attached hydrogen (secondary N) is 1. The number of rotatable bonds is 3. The Morgan fingerprint density at radius 2 is 2.09 bits per heavy atom. The van der Waals surface area contributed by atoms with Crippen molar-refractivity contribution in [2.45, 2.75) is 6.42 Å². The van der Waals surface area contributed by atoms with E-state index in [9.17, 15) is 14.0 Å². The van der Waals surface area contributed by atoms with Crippen LogP contribution in [0.25, 0.3) is 0 Å². The maximum atomic E-state index is 12.9. The third kappa shape index (κ3) is 2.83. The molecule has 0 bridgehead atoms. The van der Waals surface area contributed by atoms with E-state index in [1.165, 1.54) is 29.2 Å². The first kappa shape index (κ1) is 14.2. The highest BCUT2D eigenvalue weighted by Gasteiger charge is 2.35. The van der Waals surface area contributed by atoms with E-state index < -0.39 is 5.92 Å². The second kappa shape index (κ2) is 5.59. The minimum Gasteiger partial charge on any atom is -0.323 e. The maximum absolute atomic E-state index is 12.9. The molecule has 0 unspecified atom stereocenters. The molecule has 1 aliphatic heterocycles. The first-order chi connectivity index (χ1) is 10.5. The summed E-state index contributed by atoms with van der Waals surface area (Å²) in [7, 11) is 1.75. The van der Waals surface area contributed by atoms with Crippen molar-refractivity contribution in [3.8, 4) is 0 Å². The van der Waals surface area contributed by atoms with Crippen molar-refractivity contribution in [1.82, 2.24) is 9.78 Å². The van der Waals surface area contributed by atoms with Gasteiger partial charge in [0.2, 0.25) is 11.8 Å². The van der Waals surface area contributed by atoms with Crippen LogP contribution in [0, 0.1) is 11.7 Å². The van der Waals surface area contributed by atoms with Gasteiger partial charge in [0.15, 0.2) is 0 Å².